The number of carbonyl (C=O) groups excluding carboxylic acids is 1. The lowest BCUT2D eigenvalue weighted by Gasteiger charge is -2.19. The molecule has 0 aliphatic heterocycles. The Morgan fingerprint density at radius 3 is 2.33 bits per heavy atom. The van der Waals surface area contributed by atoms with Gasteiger partial charge in [-0.05, 0) is 29.3 Å². The topological polar surface area (TPSA) is 69.3 Å². The van der Waals surface area contributed by atoms with Gasteiger partial charge in [0.05, 0.1) is 18.0 Å². The molecule has 0 aliphatic carbocycles. The van der Waals surface area contributed by atoms with Crippen LogP contribution in [0.15, 0.2) is 65.9 Å². The molecular weight excluding hydrogens is 443 g/mol. The molecule has 1 aromatic heterocycles. The first kappa shape index (κ1) is 21.8. The Morgan fingerprint density at radius 2 is 1.80 bits per heavy atom. The van der Waals surface area contributed by atoms with Gasteiger partial charge in [0, 0.05) is 28.7 Å². The molecule has 0 radical (unpaired) electrons. The molecule has 0 saturated carbocycles. The number of nitriles is 1. The molecule has 1 amide bonds. The number of hydrogen-bond acceptors (Lipinski definition) is 4. The number of benzene rings is 2. The van der Waals surface area contributed by atoms with Gasteiger partial charge in [-0.2, -0.15) is 10.4 Å². The van der Waals surface area contributed by atoms with Crippen molar-refractivity contribution in [3.63, 3.8) is 0 Å². The fourth-order valence-corrected chi connectivity index (χ4v) is 3.63. The Bertz CT molecular complexity index is 1100. The standard InChI is InChI=1S/C22H15Cl3N4O/c1-14(30)29(28-12-15-5-3-2-4-6-15)17-9-19(23)22(20(24)10-17)18(11-26)16-7-8-21(25)27-13-16/h2-10,12-13,18H,1H3. The third-order valence-electron chi connectivity index (χ3n) is 4.23. The number of halogens is 3. The summed E-state index contributed by atoms with van der Waals surface area (Å²) in [5.41, 5.74) is 2.24. The molecule has 0 saturated heterocycles. The van der Waals surface area contributed by atoms with Gasteiger partial charge in [0.25, 0.3) is 0 Å². The monoisotopic (exact) mass is 456 g/mol. The second-order valence-electron chi connectivity index (χ2n) is 6.29. The molecule has 8 heteroatoms. The van der Waals surface area contributed by atoms with Gasteiger partial charge in [-0.1, -0.05) is 71.2 Å². The highest BCUT2D eigenvalue weighted by Crippen LogP contribution is 2.38. The lowest BCUT2D eigenvalue weighted by molar-refractivity contribution is -0.116. The average molecular weight is 458 g/mol. The highest BCUT2D eigenvalue weighted by atomic mass is 35.5. The Morgan fingerprint density at radius 1 is 1.13 bits per heavy atom. The maximum atomic E-state index is 12.2. The third-order valence-corrected chi connectivity index (χ3v) is 5.08. The minimum atomic E-state index is -0.748. The first-order valence-corrected chi connectivity index (χ1v) is 9.94. The van der Waals surface area contributed by atoms with Crippen molar-refractivity contribution in [3.8, 4) is 6.07 Å². The molecule has 2 aromatic carbocycles. The summed E-state index contributed by atoms with van der Waals surface area (Å²) in [5.74, 6) is -1.07. The van der Waals surface area contributed by atoms with Crippen LogP contribution in [0.3, 0.4) is 0 Å². The largest absolute Gasteiger partial charge is 0.273 e. The van der Waals surface area contributed by atoms with Crippen LogP contribution in [0, 0.1) is 11.3 Å². The number of carbonyl (C=O) groups is 1. The quantitative estimate of drug-likeness (QED) is 0.265. The Kier molecular flexibility index (Phi) is 7.07. The Labute approximate surface area is 189 Å². The predicted octanol–water partition coefficient (Wildman–Crippen LogP) is 6.08. The van der Waals surface area contributed by atoms with Crippen LogP contribution in [0.1, 0.15) is 29.5 Å². The summed E-state index contributed by atoms with van der Waals surface area (Å²) in [7, 11) is 0. The molecule has 150 valence electrons. The van der Waals surface area contributed by atoms with Crippen LogP contribution >= 0.6 is 34.8 Å². The maximum Gasteiger partial charge on any atom is 0.244 e. The normalized spacial score (nSPS) is 11.8. The smallest absolute Gasteiger partial charge is 0.244 e. The van der Waals surface area contributed by atoms with Crippen molar-refractivity contribution in [1.29, 1.82) is 5.26 Å². The van der Waals surface area contributed by atoms with Gasteiger partial charge in [0.1, 0.15) is 11.1 Å². The van der Waals surface area contributed by atoms with Crippen LogP contribution in [0.5, 0.6) is 0 Å². The van der Waals surface area contributed by atoms with Crippen molar-refractivity contribution in [2.75, 3.05) is 5.01 Å². The van der Waals surface area contributed by atoms with E-state index in [4.69, 9.17) is 34.8 Å². The molecule has 1 heterocycles. The molecular formula is C22H15Cl3N4O. The van der Waals surface area contributed by atoms with E-state index < -0.39 is 5.92 Å². The fraction of sp³-hybridized carbons (Fsp3) is 0.0909. The van der Waals surface area contributed by atoms with E-state index in [2.05, 4.69) is 16.2 Å². The van der Waals surface area contributed by atoms with Crippen molar-refractivity contribution >= 4 is 52.6 Å². The van der Waals surface area contributed by atoms with Gasteiger partial charge < -0.3 is 0 Å². The molecule has 0 N–H and O–H groups in total. The van der Waals surface area contributed by atoms with Gasteiger partial charge in [-0.3, -0.25) is 4.79 Å². The minimum Gasteiger partial charge on any atom is -0.273 e. The van der Waals surface area contributed by atoms with Gasteiger partial charge in [0.15, 0.2) is 0 Å². The summed E-state index contributed by atoms with van der Waals surface area (Å²) in [6.45, 7) is 1.38. The highest BCUT2D eigenvalue weighted by molar-refractivity contribution is 6.36. The van der Waals surface area contributed by atoms with E-state index in [-0.39, 0.29) is 16.0 Å². The number of nitrogens with zero attached hydrogens (tertiary/aromatic N) is 4. The van der Waals surface area contributed by atoms with Gasteiger partial charge in [-0.15, -0.1) is 0 Å². The summed E-state index contributed by atoms with van der Waals surface area (Å²) in [4.78, 5) is 16.2. The van der Waals surface area contributed by atoms with Crippen LogP contribution in [-0.4, -0.2) is 17.1 Å². The number of anilines is 1. The van der Waals surface area contributed by atoms with E-state index in [1.165, 1.54) is 18.1 Å². The summed E-state index contributed by atoms with van der Waals surface area (Å²) in [5, 5.41) is 16.0. The summed E-state index contributed by atoms with van der Waals surface area (Å²) in [6.07, 6.45) is 3.07. The van der Waals surface area contributed by atoms with Gasteiger partial charge >= 0.3 is 0 Å². The number of pyridine rings is 1. The number of aromatic nitrogens is 1. The minimum absolute atomic E-state index is 0.236. The first-order chi connectivity index (χ1) is 14.4. The summed E-state index contributed by atoms with van der Waals surface area (Å²) in [6, 6.07) is 17.9. The molecule has 3 aromatic rings. The fourth-order valence-electron chi connectivity index (χ4n) is 2.83. The molecule has 1 atom stereocenters. The Balaban J connectivity index is 1.99. The molecule has 0 fully saturated rings. The zero-order valence-electron chi connectivity index (χ0n) is 15.8. The lowest BCUT2D eigenvalue weighted by atomic mass is 9.93. The second-order valence-corrected chi connectivity index (χ2v) is 7.49. The third kappa shape index (κ3) is 4.98. The number of rotatable bonds is 5. The van der Waals surface area contributed by atoms with Crippen LogP contribution in [-0.2, 0) is 4.79 Å². The van der Waals surface area contributed by atoms with Crippen LogP contribution < -0.4 is 5.01 Å². The number of hydrogen-bond donors (Lipinski definition) is 0. The summed E-state index contributed by atoms with van der Waals surface area (Å²) >= 11 is 18.8. The van der Waals surface area contributed by atoms with E-state index in [0.717, 1.165) is 5.56 Å². The van der Waals surface area contributed by atoms with E-state index in [9.17, 15) is 10.1 Å². The second kappa shape index (κ2) is 9.73. The van der Waals surface area contributed by atoms with Crippen molar-refractivity contribution < 1.29 is 4.79 Å². The average Bonchev–Trinajstić information content (AvgIpc) is 2.72. The van der Waals surface area contributed by atoms with E-state index in [1.54, 1.807) is 30.5 Å². The van der Waals surface area contributed by atoms with Crippen molar-refractivity contribution in [1.82, 2.24) is 4.98 Å². The zero-order valence-corrected chi connectivity index (χ0v) is 18.0. The van der Waals surface area contributed by atoms with Gasteiger partial charge in [0.2, 0.25) is 5.91 Å². The van der Waals surface area contributed by atoms with Crippen LogP contribution in [0.2, 0.25) is 15.2 Å². The maximum absolute atomic E-state index is 12.2. The van der Waals surface area contributed by atoms with E-state index >= 15 is 0 Å². The predicted molar refractivity (Wildman–Crippen MR) is 120 cm³/mol. The van der Waals surface area contributed by atoms with Gasteiger partial charge in [-0.25, -0.2) is 9.99 Å². The molecule has 1 unspecified atom stereocenters. The highest BCUT2D eigenvalue weighted by Gasteiger charge is 2.23. The SMILES string of the molecule is CC(=O)N(N=Cc1ccccc1)c1cc(Cl)c(C(C#N)c2ccc(Cl)nc2)c(Cl)c1. The van der Waals surface area contributed by atoms with E-state index in [1.807, 2.05) is 30.3 Å². The zero-order chi connectivity index (χ0) is 21.7. The van der Waals surface area contributed by atoms with E-state index in [0.29, 0.717) is 22.0 Å². The first-order valence-electron chi connectivity index (χ1n) is 8.80. The number of hydrazone groups is 1. The molecule has 30 heavy (non-hydrogen) atoms. The molecule has 5 nitrogen and oxygen atoms in total. The van der Waals surface area contributed by atoms with Crippen LogP contribution in [0.25, 0.3) is 0 Å². The van der Waals surface area contributed by atoms with Crippen molar-refractivity contribution in [2.24, 2.45) is 5.10 Å². The van der Waals surface area contributed by atoms with Crippen molar-refractivity contribution in [3.05, 3.63) is 92.7 Å². The van der Waals surface area contributed by atoms with Crippen LogP contribution in [0.4, 0.5) is 5.69 Å². The van der Waals surface area contributed by atoms with Crippen molar-refractivity contribution in [2.45, 2.75) is 12.8 Å². The Hall–Kier alpha value is -2.91. The summed E-state index contributed by atoms with van der Waals surface area (Å²) < 4.78 is 0. The number of amides is 1. The molecule has 3 rings (SSSR count). The molecule has 0 spiro atoms. The molecule has 0 aliphatic rings. The molecule has 0 bridgehead atoms. The lowest BCUT2D eigenvalue weighted by Crippen LogP contribution is -2.22.